The lowest BCUT2D eigenvalue weighted by Gasteiger charge is -2.10. The maximum absolute atomic E-state index is 6.13. The minimum Gasteiger partial charge on any atom is -0.489 e. The average Bonchev–Trinajstić information content (AvgIpc) is 3.08. The van der Waals surface area contributed by atoms with E-state index in [-0.39, 0.29) is 0 Å². The van der Waals surface area contributed by atoms with Gasteiger partial charge in [-0.3, -0.25) is 0 Å². The van der Waals surface area contributed by atoms with Crippen molar-refractivity contribution in [2.24, 2.45) is 0 Å². The number of nitrogens with zero attached hydrogens (tertiary/aromatic N) is 2. The van der Waals surface area contributed by atoms with Gasteiger partial charge in [0, 0.05) is 33.7 Å². The van der Waals surface area contributed by atoms with Gasteiger partial charge in [-0.05, 0) is 42.0 Å². The lowest BCUT2D eigenvalue weighted by molar-refractivity contribution is 0.306. The number of rotatable bonds is 5. The first kappa shape index (κ1) is 15.7. The van der Waals surface area contributed by atoms with Gasteiger partial charge in [0.25, 0.3) is 0 Å². The minimum absolute atomic E-state index is 0.387. The Morgan fingerprint density at radius 1 is 1.13 bits per heavy atom. The predicted octanol–water partition coefficient (Wildman–Crippen LogP) is 5.29. The third kappa shape index (κ3) is 3.76. The van der Waals surface area contributed by atoms with Crippen LogP contribution >= 0.6 is 23.2 Å². The molecule has 5 heteroatoms. The van der Waals surface area contributed by atoms with Gasteiger partial charge >= 0.3 is 0 Å². The van der Waals surface area contributed by atoms with Crippen LogP contribution in [-0.2, 0) is 6.61 Å². The van der Waals surface area contributed by atoms with E-state index in [1.807, 2.05) is 41.1 Å². The van der Waals surface area contributed by atoms with Gasteiger partial charge in [-0.15, -0.1) is 0 Å². The lowest BCUT2D eigenvalue weighted by atomic mass is 10.1. The van der Waals surface area contributed by atoms with Crippen molar-refractivity contribution in [2.45, 2.75) is 6.61 Å². The normalized spacial score (nSPS) is 10.5. The molecule has 116 valence electrons. The Morgan fingerprint density at radius 2 is 1.91 bits per heavy atom. The molecule has 0 spiro atoms. The van der Waals surface area contributed by atoms with E-state index in [1.54, 1.807) is 24.7 Å². The molecule has 23 heavy (non-hydrogen) atoms. The summed E-state index contributed by atoms with van der Waals surface area (Å²) in [6, 6.07) is 13.1. The Labute approximate surface area is 144 Å². The molecule has 0 saturated heterocycles. The standard InChI is InChI=1S/C18H14Cl2N2O/c1-13(22-9-8-21-12-22)14-3-6-17(7-4-14)23-11-15-2-5-16(19)10-18(15)20/h2-10,12H,1,11H2. The van der Waals surface area contributed by atoms with E-state index in [4.69, 9.17) is 27.9 Å². The molecule has 0 aliphatic carbocycles. The van der Waals surface area contributed by atoms with Crippen LogP contribution in [0.4, 0.5) is 0 Å². The quantitative estimate of drug-likeness (QED) is 0.628. The maximum atomic E-state index is 6.13. The molecule has 0 N–H and O–H groups in total. The molecule has 0 unspecified atom stereocenters. The maximum Gasteiger partial charge on any atom is 0.119 e. The van der Waals surface area contributed by atoms with Crippen molar-refractivity contribution in [2.75, 3.05) is 0 Å². The summed E-state index contributed by atoms with van der Waals surface area (Å²) in [6.45, 7) is 4.45. The number of imidazole rings is 1. The van der Waals surface area contributed by atoms with Crippen LogP contribution in [0.15, 0.2) is 67.8 Å². The monoisotopic (exact) mass is 344 g/mol. The molecule has 2 aromatic carbocycles. The van der Waals surface area contributed by atoms with E-state index in [9.17, 15) is 0 Å². The van der Waals surface area contributed by atoms with Gasteiger partial charge in [-0.25, -0.2) is 4.98 Å². The summed E-state index contributed by atoms with van der Waals surface area (Å²) in [5, 5.41) is 1.21. The van der Waals surface area contributed by atoms with Crippen molar-refractivity contribution < 1.29 is 4.74 Å². The van der Waals surface area contributed by atoms with Gasteiger partial charge < -0.3 is 9.30 Å². The highest BCUT2D eigenvalue weighted by atomic mass is 35.5. The van der Waals surface area contributed by atoms with E-state index in [2.05, 4.69) is 11.6 Å². The van der Waals surface area contributed by atoms with Crippen LogP contribution in [-0.4, -0.2) is 9.55 Å². The van der Waals surface area contributed by atoms with Crippen molar-refractivity contribution >= 4 is 28.9 Å². The summed E-state index contributed by atoms with van der Waals surface area (Å²) in [5.41, 5.74) is 2.75. The highest BCUT2D eigenvalue weighted by Crippen LogP contribution is 2.24. The summed E-state index contributed by atoms with van der Waals surface area (Å²) >= 11 is 12.0. The van der Waals surface area contributed by atoms with Gasteiger partial charge in [0.05, 0.1) is 6.33 Å². The summed E-state index contributed by atoms with van der Waals surface area (Å²) in [5.74, 6) is 0.762. The number of hydrogen-bond acceptors (Lipinski definition) is 2. The van der Waals surface area contributed by atoms with E-state index in [1.165, 1.54) is 0 Å². The zero-order valence-electron chi connectivity index (χ0n) is 12.2. The Hall–Kier alpha value is -2.23. The van der Waals surface area contributed by atoms with Crippen LogP contribution in [0, 0.1) is 0 Å². The number of benzene rings is 2. The minimum atomic E-state index is 0.387. The second-order valence-corrected chi connectivity index (χ2v) is 5.81. The number of halogens is 2. The summed E-state index contributed by atoms with van der Waals surface area (Å²) < 4.78 is 7.63. The molecule has 3 rings (SSSR count). The second-order valence-electron chi connectivity index (χ2n) is 4.97. The van der Waals surface area contributed by atoms with E-state index in [0.29, 0.717) is 16.7 Å². The highest BCUT2D eigenvalue weighted by Gasteiger charge is 2.04. The first-order valence-electron chi connectivity index (χ1n) is 6.98. The largest absolute Gasteiger partial charge is 0.489 e. The van der Waals surface area contributed by atoms with Crippen LogP contribution in [0.3, 0.4) is 0 Å². The van der Waals surface area contributed by atoms with Crippen LogP contribution < -0.4 is 4.74 Å². The SMILES string of the molecule is C=C(c1ccc(OCc2ccc(Cl)cc2Cl)cc1)n1ccnc1. The summed E-state index contributed by atoms with van der Waals surface area (Å²) in [7, 11) is 0. The molecule has 1 heterocycles. The predicted molar refractivity (Wildman–Crippen MR) is 93.9 cm³/mol. The molecule has 0 aliphatic heterocycles. The van der Waals surface area contributed by atoms with Gasteiger partial charge in [-0.1, -0.05) is 35.8 Å². The third-order valence-corrected chi connectivity index (χ3v) is 4.00. The van der Waals surface area contributed by atoms with Crippen LogP contribution in [0.2, 0.25) is 10.0 Å². The van der Waals surface area contributed by atoms with Gasteiger partial charge in [0.2, 0.25) is 0 Å². The molecule has 3 aromatic rings. The molecule has 1 aromatic heterocycles. The molecule has 0 fully saturated rings. The average molecular weight is 345 g/mol. The topological polar surface area (TPSA) is 27.1 Å². The fourth-order valence-corrected chi connectivity index (χ4v) is 2.57. The molecule has 0 bridgehead atoms. The summed E-state index contributed by atoms with van der Waals surface area (Å²) in [6.07, 6.45) is 5.29. The highest BCUT2D eigenvalue weighted by molar-refractivity contribution is 6.35. The molecule has 3 nitrogen and oxygen atoms in total. The van der Waals surface area contributed by atoms with E-state index < -0.39 is 0 Å². The molecule has 0 amide bonds. The van der Waals surface area contributed by atoms with Crippen LogP contribution in [0.25, 0.3) is 5.70 Å². The second kappa shape index (κ2) is 6.90. The van der Waals surface area contributed by atoms with Gasteiger partial charge in [0.1, 0.15) is 12.4 Å². The Balaban J connectivity index is 1.67. The van der Waals surface area contributed by atoms with Gasteiger partial charge in [-0.2, -0.15) is 0 Å². The number of ether oxygens (including phenoxy) is 1. The van der Waals surface area contributed by atoms with Crippen molar-refractivity contribution in [1.82, 2.24) is 9.55 Å². The van der Waals surface area contributed by atoms with Crippen molar-refractivity contribution in [1.29, 1.82) is 0 Å². The van der Waals surface area contributed by atoms with E-state index in [0.717, 1.165) is 22.6 Å². The van der Waals surface area contributed by atoms with Crippen LogP contribution in [0.1, 0.15) is 11.1 Å². The smallest absolute Gasteiger partial charge is 0.119 e. The first-order valence-corrected chi connectivity index (χ1v) is 7.73. The zero-order chi connectivity index (χ0) is 16.2. The van der Waals surface area contributed by atoms with E-state index >= 15 is 0 Å². The molecule has 0 aliphatic rings. The molecule has 0 saturated carbocycles. The molecular weight excluding hydrogens is 331 g/mol. The molecule has 0 radical (unpaired) electrons. The summed E-state index contributed by atoms with van der Waals surface area (Å²) in [4.78, 5) is 4.02. The third-order valence-electron chi connectivity index (χ3n) is 3.41. The molecular formula is C18H14Cl2N2O. The Bertz CT molecular complexity index is 812. The molecule has 0 atom stereocenters. The lowest BCUT2D eigenvalue weighted by Crippen LogP contribution is -1.97. The van der Waals surface area contributed by atoms with Crippen LogP contribution in [0.5, 0.6) is 5.75 Å². The van der Waals surface area contributed by atoms with Gasteiger partial charge in [0.15, 0.2) is 0 Å². The first-order chi connectivity index (χ1) is 11.1. The Kier molecular flexibility index (Phi) is 4.70. The van der Waals surface area contributed by atoms with Crippen molar-refractivity contribution in [3.05, 3.63) is 88.9 Å². The fourth-order valence-electron chi connectivity index (χ4n) is 2.11. The van der Waals surface area contributed by atoms with Crippen molar-refractivity contribution in [3.8, 4) is 5.75 Å². The Morgan fingerprint density at radius 3 is 2.57 bits per heavy atom. The van der Waals surface area contributed by atoms with Crippen molar-refractivity contribution in [3.63, 3.8) is 0 Å². The number of hydrogen-bond donors (Lipinski definition) is 0. The fraction of sp³-hybridized carbons (Fsp3) is 0.0556. The number of aromatic nitrogens is 2. The zero-order valence-corrected chi connectivity index (χ0v) is 13.8.